The molecule has 6 nitrogen and oxygen atoms in total. The van der Waals surface area contributed by atoms with E-state index < -0.39 is 23.7 Å². The minimum absolute atomic E-state index is 0.345. The Balaban J connectivity index is 0.000000447. The van der Waals surface area contributed by atoms with Crippen LogP contribution in [0.4, 0.5) is 13.2 Å². The Morgan fingerprint density at radius 2 is 1.83 bits per heavy atom. The van der Waals surface area contributed by atoms with Gasteiger partial charge in [-0.3, -0.25) is 4.90 Å². The number of alkyl halides is 3. The monoisotopic (exact) mass is 416 g/mol. The molecule has 3 N–H and O–H groups in total. The van der Waals surface area contributed by atoms with Gasteiger partial charge in [-0.15, -0.1) is 0 Å². The van der Waals surface area contributed by atoms with Gasteiger partial charge in [0, 0.05) is 31.3 Å². The van der Waals surface area contributed by atoms with E-state index in [-0.39, 0.29) is 0 Å². The molecule has 0 amide bonds. The van der Waals surface area contributed by atoms with Gasteiger partial charge in [0.1, 0.15) is 0 Å². The Morgan fingerprint density at radius 3 is 2.31 bits per heavy atom. The van der Waals surface area contributed by atoms with E-state index in [4.69, 9.17) is 10.2 Å². The number of hydrogen-bond acceptors (Lipinski definition) is 4. The quantitative estimate of drug-likeness (QED) is 0.563. The molecule has 1 heterocycles. The normalized spacial score (nSPS) is 16.7. The van der Waals surface area contributed by atoms with Gasteiger partial charge in [0.15, 0.2) is 0 Å². The summed E-state index contributed by atoms with van der Waals surface area (Å²) in [5.41, 5.74) is -0.120. The van der Waals surface area contributed by atoms with Crippen molar-refractivity contribution in [1.29, 1.82) is 0 Å². The van der Waals surface area contributed by atoms with Crippen molar-refractivity contribution in [3.05, 3.63) is 47.5 Å². The summed E-state index contributed by atoms with van der Waals surface area (Å²) in [6.45, 7) is 5.16. The number of carboxylic acid groups (broad SMARTS) is 2. The van der Waals surface area contributed by atoms with E-state index in [1.54, 1.807) is 12.1 Å². The number of nitrogens with one attached hydrogen (secondary N) is 1. The van der Waals surface area contributed by atoms with Crippen LogP contribution >= 0.6 is 0 Å². The summed E-state index contributed by atoms with van der Waals surface area (Å²) >= 11 is 0. The maximum atomic E-state index is 13.1. The van der Waals surface area contributed by atoms with Crippen molar-refractivity contribution in [2.75, 3.05) is 19.6 Å². The SMILES string of the molecule is CCCCN(Cc1ccccc1C(F)(F)F)[C@H]1CCNC1.O=C(O)/C=C/C(=O)O. The Morgan fingerprint density at radius 1 is 1.21 bits per heavy atom. The zero-order valence-electron chi connectivity index (χ0n) is 16.3. The van der Waals surface area contributed by atoms with Gasteiger partial charge in [-0.25, -0.2) is 9.59 Å². The first-order valence-corrected chi connectivity index (χ1v) is 9.39. The number of aliphatic carboxylic acids is 2. The van der Waals surface area contributed by atoms with Crippen molar-refractivity contribution in [3.8, 4) is 0 Å². The predicted molar refractivity (Wildman–Crippen MR) is 102 cm³/mol. The minimum Gasteiger partial charge on any atom is -0.478 e. The highest BCUT2D eigenvalue weighted by Gasteiger charge is 2.34. The van der Waals surface area contributed by atoms with Crippen LogP contribution in [0.2, 0.25) is 0 Å². The van der Waals surface area contributed by atoms with Crippen molar-refractivity contribution in [2.24, 2.45) is 0 Å². The van der Waals surface area contributed by atoms with E-state index in [2.05, 4.69) is 17.1 Å². The number of unbranched alkanes of at least 4 members (excludes halogenated alkanes) is 1. The van der Waals surface area contributed by atoms with Crippen LogP contribution < -0.4 is 5.32 Å². The average molecular weight is 416 g/mol. The van der Waals surface area contributed by atoms with Gasteiger partial charge in [-0.1, -0.05) is 31.5 Å². The molecular weight excluding hydrogens is 389 g/mol. The topological polar surface area (TPSA) is 89.9 Å². The van der Waals surface area contributed by atoms with Crippen LogP contribution in [0.3, 0.4) is 0 Å². The van der Waals surface area contributed by atoms with Crippen molar-refractivity contribution in [1.82, 2.24) is 10.2 Å². The van der Waals surface area contributed by atoms with Crippen LogP contribution in [-0.2, 0) is 22.3 Å². The standard InChI is InChI=1S/C16H23F3N2.C4H4O4/c1-2-3-10-21(14-8-9-20-11-14)12-13-6-4-5-7-15(13)16(17,18)19;5-3(6)1-2-4(7)8/h4-7,14,20H,2-3,8-12H2,1H3;1-2H,(H,5,6)(H,7,8)/b;2-1+/t14-;/m0./s1. The van der Waals surface area contributed by atoms with E-state index in [0.29, 0.717) is 30.3 Å². The molecule has 0 saturated carbocycles. The van der Waals surface area contributed by atoms with Gasteiger partial charge in [0.2, 0.25) is 0 Å². The fraction of sp³-hybridized carbons (Fsp3) is 0.500. The van der Waals surface area contributed by atoms with Crippen molar-refractivity contribution in [2.45, 2.75) is 44.9 Å². The fourth-order valence-electron chi connectivity index (χ4n) is 3.00. The smallest absolute Gasteiger partial charge is 0.416 e. The van der Waals surface area contributed by atoms with E-state index in [1.165, 1.54) is 12.1 Å². The fourth-order valence-corrected chi connectivity index (χ4v) is 3.00. The molecule has 1 aliphatic rings. The summed E-state index contributed by atoms with van der Waals surface area (Å²) in [7, 11) is 0. The van der Waals surface area contributed by atoms with Gasteiger partial charge in [0.25, 0.3) is 0 Å². The molecule has 1 saturated heterocycles. The number of benzene rings is 1. The molecule has 1 aromatic carbocycles. The molecule has 1 fully saturated rings. The number of carboxylic acids is 2. The van der Waals surface area contributed by atoms with Crippen molar-refractivity contribution < 1.29 is 33.0 Å². The van der Waals surface area contributed by atoms with E-state index in [1.807, 2.05) is 0 Å². The lowest BCUT2D eigenvalue weighted by Crippen LogP contribution is -2.37. The highest BCUT2D eigenvalue weighted by molar-refractivity contribution is 5.89. The zero-order chi connectivity index (χ0) is 21.9. The van der Waals surface area contributed by atoms with Gasteiger partial charge in [0.05, 0.1) is 5.56 Å². The summed E-state index contributed by atoms with van der Waals surface area (Å²) in [6.07, 6.45) is -0.0776. The first-order chi connectivity index (χ1) is 13.6. The third-order valence-corrected chi connectivity index (χ3v) is 4.41. The third-order valence-electron chi connectivity index (χ3n) is 4.41. The second kappa shape index (κ2) is 12.2. The number of nitrogens with zero attached hydrogens (tertiary/aromatic N) is 1. The van der Waals surface area contributed by atoms with Gasteiger partial charge >= 0.3 is 18.1 Å². The summed E-state index contributed by atoms with van der Waals surface area (Å²) in [5.74, 6) is -2.51. The Bertz CT molecular complexity index is 671. The molecule has 0 bridgehead atoms. The molecule has 1 atom stereocenters. The molecule has 2 rings (SSSR count). The molecule has 1 aliphatic heterocycles. The van der Waals surface area contributed by atoms with Crippen molar-refractivity contribution in [3.63, 3.8) is 0 Å². The first kappa shape index (κ1) is 24.6. The third kappa shape index (κ3) is 9.58. The van der Waals surface area contributed by atoms with E-state index >= 15 is 0 Å². The number of carbonyl (C=O) groups is 2. The summed E-state index contributed by atoms with van der Waals surface area (Å²) in [5, 5.41) is 18.9. The number of hydrogen-bond donors (Lipinski definition) is 3. The molecule has 0 radical (unpaired) electrons. The van der Waals surface area contributed by atoms with Crippen LogP contribution in [0.25, 0.3) is 0 Å². The second-order valence-electron chi connectivity index (χ2n) is 6.64. The Hall–Kier alpha value is -2.39. The minimum atomic E-state index is -4.28. The summed E-state index contributed by atoms with van der Waals surface area (Å²) < 4.78 is 39.3. The zero-order valence-corrected chi connectivity index (χ0v) is 16.3. The Kier molecular flexibility index (Phi) is 10.4. The molecular formula is C20H27F3N2O4. The van der Waals surface area contributed by atoms with Crippen LogP contribution in [0.15, 0.2) is 36.4 Å². The molecule has 0 unspecified atom stereocenters. The number of halogens is 3. The first-order valence-electron chi connectivity index (χ1n) is 9.39. The highest BCUT2D eigenvalue weighted by Crippen LogP contribution is 2.32. The molecule has 0 aliphatic carbocycles. The van der Waals surface area contributed by atoms with E-state index in [0.717, 1.165) is 38.9 Å². The lowest BCUT2D eigenvalue weighted by Gasteiger charge is -2.29. The number of rotatable bonds is 8. The maximum Gasteiger partial charge on any atom is 0.416 e. The second-order valence-corrected chi connectivity index (χ2v) is 6.64. The summed E-state index contributed by atoms with van der Waals surface area (Å²) in [4.78, 5) is 21.3. The molecule has 162 valence electrons. The molecule has 29 heavy (non-hydrogen) atoms. The molecule has 9 heteroatoms. The van der Waals surface area contributed by atoms with Crippen molar-refractivity contribution >= 4 is 11.9 Å². The average Bonchev–Trinajstić information content (AvgIpc) is 3.18. The van der Waals surface area contributed by atoms with Crippen LogP contribution in [0.5, 0.6) is 0 Å². The molecule has 0 aromatic heterocycles. The molecule has 1 aromatic rings. The highest BCUT2D eigenvalue weighted by atomic mass is 19.4. The van der Waals surface area contributed by atoms with Gasteiger partial charge < -0.3 is 15.5 Å². The van der Waals surface area contributed by atoms with Gasteiger partial charge in [-0.2, -0.15) is 13.2 Å². The largest absolute Gasteiger partial charge is 0.478 e. The summed E-state index contributed by atoms with van der Waals surface area (Å²) in [6, 6.07) is 6.28. The predicted octanol–water partition coefficient (Wildman–Crippen LogP) is 3.38. The van der Waals surface area contributed by atoms with Gasteiger partial charge in [-0.05, 0) is 37.6 Å². The lowest BCUT2D eigenvalue weighted by atomic mass is 10.0. The van der Waals surface area contributed by atoms with E-state index in [9.17, 15) is 22.8 Å². The van der Waals surface area contributed by atoms with Crippen LogP contribution in [-0.4, -0.2) is 52.7 Å². The maximum absolute atomic E-state index is 13.1. The molecule has 0 spiro atoms. The Labute approximate surface area is 168 Å². The lowest BCUT2D eigenvalue weighted by molar-refractivity contribution is -0.138. The van der Waals surface area contributed by atoms with Crippen LogP contribution in [0.1, 0.15) is 37.3 Å². The van der Waals surface area contributed by atoms with Crippen LogP contribution in [0, 0.1) is 0 Å².